The standard InChI is InChI=1S/C26H26N2O4S/c1-3-28-15-14-20-21(16-28)33-25(22(20)26(31)32-4-2)27-24(30)19-12-10-18(11-13-19)23(29)17-8-6-5-7-9-17/h5-13H,3-4,14-16H2,1-2H3,(H,27,30). The Hall–Kier alpha value is -3.29. The molecule has 6 nitrogen and oxygen atoms in total. The molecule has 1 amide bonds. The second-order valence-corrected chi connectivity index (χ2v) is 8.88. The third kappa shape index (κ3) is 4.89. The van der Waals surface area contributed by atoms with E-state index in [1.54, 1.807) is 43.3 Å². The summed E-state index contributed by atoms with van der Waals surface area (Å²) in [5, 5.41) is 3.43. The van der Waals surface area contributed by atoms with Gasteiger partial charge in [-0.3, -0.25) is 14.5 Å². The summed E-state index contributed by atoms with van der Waals surface area (Å²) in [4.78, 5) is 41.7. The fourth-order valence-electron chi connectivity index (χ4n) is 3.94. The highest BCUT2D eigenvalue weighted by Crippen LogP contribution is 2.38. The van der Waals surface area contributed by atoms with Crippen LogP contribution in [-0.2, 0) is 17.7 Å². The number of thiophene rings is 1. The predicted octanol–water partition coefficient (Wildman–Crippen LogP) is 4.79. The lowest BCUT2D eigenvalue weighted by molar-refractivity contribution is 0.0526. The van der Waals surface area contributed by atoms with E-state index in [0.717, 1.165) is 36.5 Å². The van der Waals surface area contributed by atoms with Crippen LogP contribution in [0.1, 0.15) is 60.9 Å². The molecule has 7 heteroatoms. The van der Waals surface area contributed by atoms with Crippen LogP contribution >= 0.6 is 11.3 Å². The predicted molar refractivity (Wildman–Crippen MR) is 129 cm³/mol. The summed E-state index contributed by atoms with van der Waals surface area (Å²) in [5.74, 6) is -0.831. The van der Waals surface area contributed by atoms with Gasteiger partial charge in [-0.05, 0) is 37.6 Å². The number of ketones is 1. The fraction of sp³-hybridized carbons (Fsp3) is 0.269. The van der Waals surface area contributed by atoms with Gasteiger partial charge in [0.25, 0.3) is 5.91 Å². The third-order valence-corrected chi connectivity index (χ3v) is 6.87. The lowest BCUT2D eigenvalue weighted by atomic mass is 10.0. The van der Waals surface area contributed by atoms with Crippen molar-refractivity contribution in [1.82, 2.24) is 4.90 Å². The average molecular weight is 463 g/mol. The summed E-state index contributed by atoms with van der Waals surface area (Å²) < 4.78 is 5.28. The van der Waals surface area contributed by atoms with E-state index in [0.29, 0.717) is 27.3 Å². The topological polar surface area (TPSA) is 75.7 Å². The summed E-state index contributed by atoms with van der Waals surface area (Å²) in [6.45, 7) is 6.72. The normalized spacial score (nSPS) is 13.3. The molecular weight excluding hydrogens is 436 g/mol. The second-order valence-electron chi connectivity index (χ2n) is 7.77. The van der Waals surface area contributed by atoms with Crippen LogP contribution in [0.5, 0.6) is 0 Å². The minimum atomic E-state index is -0.404. The van der Waals surface area contributed by atoms with Gasteiger partial charge in [-0.1, -0.05) is 49.4 Å². The van der Waals surface area contributed by atoms with Crippen LogP contribution in [0.4, 0.5) is 5.00 Å². The van der Waals surface area contributed by atoms with E-state index in [1.807, 2.05) is 18.2 Å². The number of ether oxygens (including phenoxy) is 1. The highest BCUT2D eigenvalue weighted by Gasteiger charge is 2.29. The van der Waals surface area contributed by atoms with Gasteiger partial charge in [-0.15, -0.1) is 11.3 Å². The molecule has 1 aliphatic rings. The molecule has 170 valence electrons. The molecule has 0 saturated heterocycles. The summed E-state index contributed by atoms with van der Waals surface area (Å²) in [7, 11) is 0. The van der Waals surface area contributed by atoms with Crippen molar-refractivity contribution < 1.29 is 19.1 Å². The first-order valence-corrected chi connectivity index (χ1v) is 11.9. The van der Waals surface area contributed by atoms with Crippen LogP contribution in [-0.4, -0.2) is 42.3 Å². The van der Waals surface area contributed by atoms with Gasteiger partial charge in [-0.25, -0.2) is 4.79 Å². The molecule has 2 heterocycles. The molecule has 3 aromatic rings. The summed E-state index contributed by atoms with van der Waals surface area (Å²) in [6, 6.07) is 15.6. The monoisotopic (exact) mass is 462 g/mol. The van der Waals surface area contributed by atoms with Gasteiger partial charge in [-0.2, -0.15) is 0 Å². The zero-order chi connectivity index (χ0) is 23.4. The van der Waals surface area contributed by atoms with Crippen LogP contribution in [0.15, 0.2) is 54.6 Å². The number of anilines is 1. The van der Waals surface area contributed by atoms with Crippen LogP contribution in [0.25, 0.3) is 0 Å². The Labute approximate surface area is 197 Å². The number of carbonyl (C=O) groups excluding carboxylic acids is 3. The summed E-state index contributed by atoms with van der Waals surface area (Å²) in [6.07, 6.45) is 0.750. The lowest BCUT2D eigenvalue weighted by Crippen LogP contribution is -2.30. The van der Waals surface area contributed by atoms with Crippen molar-refractivity contribution in [3.8, 4) is 0 Å². The van der Waals surface area contributed by atoms with Crippen LogP contribution in [0.3, 0.4) is 0 Å². The number of hydrogen-bond donors (Lipinski definition) is 1. The number of esters is 1. The first-order valence-electron chi connectivity index (χ1n) is 11.1. The second kappa shape index (κ2) is 10.1. The Kier molecular flexibility index (Phi) is 7.01. The molecule has 4 rings (SSSR count). The van der Waals surface area contributed by atoms with Crippen molar-refractivity contribution in [3.05, 3.63) is 87.3 Å². The number of amides is 1. The molecule has 2 aromatic carbocycles. The van der Waals surface area contributed by atoms with Crippen molar-refractivity contribution >= 4 is 34.0 Å². The van der Waals surface area contributed by atoms with Gasteiger partial charge in [0, 0.05) is 34.7 Å². The van der Waals surface area contributed by atoms with Crippen molar-refractivity contribution in [2.45, 2.75) is 26.8 Å². The Morgan fingerprint density at radius 1 is 0.970 bits per heavy atom. The maximum absolute atomic E-state index is 13.0. The number of rotatable bonds is 7. The molecule has 0 radical (unpaired) electrons. The first kappa shape index (κ1) is 22.9. The van der Waals surface area contributed by atoms with Gasteiger partial charge in [0.1, 0.15) is 5.00 Å². The van der Waals surface area contributed by atoms with E-state index in [4.69, 9.17) is 4.74 Å². The molecular formula is C26H26N2O4S. The summed E-state index contributed by atoms with van der Waals surface area (Å²) in [5.41, 5.74) is 2.96. The molecule has 0 saturated carbocycles. The molecule has 1 aliphatic heterocycles. The Bertz CT molecular complexity index is 1170. The number of fused-ring (bicyclic) bond motifs is 1. The summed E-state index contributed by atoms with van der Waals surface area (Å²) >= 11 is 1.44. The Morgan fingerprint density at radius 3 is 2.30 bits per heavy atom. The Morgan fingerprint density at radius 2 is 1.64 bits per heavy atom. The number of nitrogens with one attached hydrogen (secondary N) is 1. The van der Waals surface area contributed by atoms with Crippen molar-refractivity contribution in [2.24, 2.45) is 0 Å². The smallest absolute Gasteiger partial charge is 0.341 e. The van der Waals surface area contributed by atoms with Gasteiger partial charge >= 0.3 is 5.97 Å². The van der Waals surface area contributed by atoms with E-state index in [-0.39, 0.29) is 18.3 Å². The highest BCUT2D eigenvalue weighted by atomic mass is 32.1. The molecule has 33 heavy (non-hydrogen) atoms. The van der Waals surface area contributed by atoms with Crippen LogP contribution < -0.4 is 5.32 Å². The zero-order valence-electron chi connectivity index (χ0n) is 18.7. The number of hydrogen-bond acceptors (Lipinski definition) is 6. The molecule has 0 bridgehead atoms. The highest BCUT2D eigenvalue weighted by molar-refractivity contribution is 7.17. The molecule has 0 spiro atoms. The number of likely N-dealkylation sites (N-methyl/N-ethyl adjacent to an activating group) is 1. The third-order valence-electron chi connectivity index (χ3n) is 5.74. The minimum Gasteiger partial charge on any atom is -0.462 e. The number of nitrogens with zero attached hydrogens (tertiary/aromatic N) is 1. The van der Waals surface area contributed by atoms with Gasteiger partial charge in [0.05, 0.1) is 12.2 Å². The van der Waals surface area contributed by atoms with E-state index in [2.05, 4.69) is 17.1 Å². The van der Waals surface area contributed by atoms with Crippen molar-refractivity contribution in [1.29, 1.82) is 0 Å². The largest absolute Gasteiger partial charge is 0.462 e. The molecule has 0 unspecified atom stereocenters. The average Bonchev–Trinajstić information content (AvgIpc) is 3.21. The Balaban J connectivity index is 1.56. The maximum Gasteiger partial charge on any atom is 0.341 e. The van der Waals surface area contributed by atoms with E-state index in [9.17, 15) is 14.4 Å². The molecule has 0 aliphatic carbocycles. The molecule has 1 aromatic heterocycles. The fourth-order valence-corrected chi connectivity index (χ4v) is 5.21. The first-order chi connectivity index (χ1) is 16.0. The van der Waals surface area contributed by atoms with Crippen molar-refractivity contribution in [2.75, 3.05) is 25.0 Å². The van der Waals surface area contributed by atoms with Crippen LogP contribution in [0.2, 0.25) is 0 Å². The zero-order valence-corrected chi connectivity index (χ0v) is 19.5. The molecule has 1 N–H and O–H groups in total. The molecule has 0 fully saturated rings. The van der Waals surface area contributed by atoms with Gasteiger partial charge < -0.3 is 10.1 Å². The molecule has 0 atom stereocenters. The quantitative estimate of drug-likeness (QED) is 0.404. The maximum atomic E-state index is 13.0. The van der Waals surface area contributed by atoms with E-state index in [1.165, 1.54) is 11.3 Å². The minimum absolute atomic E-state index is 0.0986. The van der Waals surface area contributed by atoms with Crippen molar-refractivity contribution in [3.63, 3.8) is 0 Å². The number of carbonyl (C=O) groups is 3. The SMILES string of the molecule is CCOC(=O)c1c(NC(=O)c2ccc(C(=O)c3ccccc3)cc2)sc2c1CCN(CC)C2. The van der Waals surface area contributed by atoms with Gasteiger partial charge in [0.2, 0.25) is 0 Å². The van der Waals surface area contributed by atoms with Crippen LogP contribution in [0, 0.1) is 0 Å². The van der Waals surface area contributed by atoms with E-state index < -0.39 is 5.97 Å². The van der Waals surface area contributed by atoms with E-state index >= 15 is 0 Å². The van der Waals surface area contributed by atoms with Gasteiger partial charge in [0.15, 0.2) is 5.78 Å². The number of benzene rings is 2. The lowest BCUT2D eigenvalue weighted by Gasteiger charge is -2.25.